The second-order valence-corrected chi connectivity index (χ2v) is 8.86. The average molecular weight is 484 g/mol. The molecule has 5 aromatic rings. The number of hydrogen-bond acceptors (Lipinski definition) is 6. The molecule has 0 saturated heterocycles. The van der Waals surface area contributed by atoms with Crippen molar-refractivity contribution in [3.05, 3.63) is 122 Å². The van der Waals surface area contributed by atoms with Crippen LogP contribution >= 0.6 is 11.3 Å². The zero-order chi connectivity index (χ0) is 24.4. The molecular formula is C26H21N5O3S. The molecule has 0 aliphatic rings. The van der Waals surface area contributed by atoms with Crippen molar-refractivity contribution in [2.24, 2.45) is 0 Å². The normalized spacial score (nSPS) is 11.0. The van der Waals surface area contributed by atoms with Crippen LogP contribution in [0, 0.1) is 0 Å². The standard InChI is InChI=1S/C26H21N5O3S/c27-23-22(24(32)29-26(34)31(23)15-18-9-5-2-6-10-18)30(14-17-7-3-1-4-8-17)25(33)19-11-12-20-21(13-19)35-16-28-20/h1-13,16H,14-15,27H2,(H,29,32,34). The van der Waals surface area contributed by atoms with Crippen LogP contribution in [0.5, 0.6) is 0 Å². The lowest BCUT2D eigenvalue weighted by molar-refractivity contribution is 0.0985. The van der Waals surface area contributed by atoms with Gasteiger partial charge in [0.25, 0.3) is 11.5 Å². The Balaban J connectivity index is 1.64. The summed E-state index contributed by atoms with van der Waals surface area (Å²) in [6, 6.07) is 23.8. The van der Waals surface area contributed by atoms with Gasteiger partial charge in [0.1, 0.15) is 5.82 Å². The van der Waals surface area contributed by atoms with Crippen LogP contribution in [-0.2, 0) is 13.1 Å². The van der Waals surface area contributed by atoms with E-state index in [0.29, 0.717) is 5.56 Å². The van der Waals surface area contributed by atoms with E-state index < -0.39 is 17.2 Å². The third-order valence-electron chi connectivity index (χ3n) is 5.67. The van der Waals surface area contributed by atoms with Crippen molar-refractivity contribution in [2.45, 2.75) is 13.1 Å². The maximum atomic E-state index is 13.8. The summed E-state index contributed by atoms with van der Waals surface area (Å²) < 4.78 is 2.12. The number of nitrogens with one attached hydrogen (secondary N) is 1. The monoisotopic (exact) mass is 483 g/mol. The quantitative estimate of drug-likeness (QED) is 0.383. The van der Waals surface area contributed by atoms with Crippen LogP contribution in [-0.4, -0.2) is 20.4 Å². The number of nitrogens with two attached hydrogens (primary N) is 1. The van der Waals surface area contributed by atoms with Crippen molar-refractivity contribution < 1.29 is 4.79 Å². The Labute approximate surface area is 203 Å². The number of hydrogen-bond donors (Lipinski definition) is 2. The maximum absolute atomic E-state index is 13.8. The minimum atomic E-state index is -0.722. The van der Waals surface area contributed by atoms with E-state index in [9.17, 15) is 14.4 Å². The van der Waals surface area contributed by atoms with Gasteiger partial charge in [0.05, 0.1) is 28.8 Å². The number of aromatic amines is 1. The van der Waals surface area contributed by atoms with Crippen molar-refractivity contribution >= 4 is 39.0 Å². The third-order valence-corrected chi connectivity index (χ3v) is 6.47. The lowest BCUT2D eigenvalue weighted by Crippen LogP contribution is -2.41. The van der Waals surface area contributed by atoms with E-state index in [1.165, 1.54) is 20.8 Å². The molecule has 0 saturated carbocycles. The van der Waals surface area contributed by atoms with Crippen LogP contribution in [0.15, 0.2) is 94.0 Å². The van der Waals surface area contributed by atoms with Crippen molar-refractivity contribution in [2.75, 3.05) is 10.6 Å². The van der Waals surface area contributed by atoms with E-state index in [-0.39, 0.29) is 24.6 Å². The molecule has 0 fully saturated rings. The van der Waals surface area contributed by atoms with Gasteiger partial charge in [-0.2, -0.15) is 0 Å². The summed E-state index contributed by atoms with van der Waals surface area (Å²) in [7, 11) is 0. The maximum Gasteiger partial charge on any atom is 0.330 e. The van der Waals surface area contributed by atoms with Crippen LogP contribution in [0.2, 0.25) is 0 Å². The number of thiazole rings is 1. The number of carbonyl (C=O) groups is 1. The first-order chi connectivity index (χ1) is 17.0. The Kier molecular flexibility index (Phi) is 5.99. The largest absolute Gasteiger partial charge is 0.383 e. The van der Waals surface area contributed by atoms with Crippen LogP contribution in [0.25, 0.3) is 10.2 Å². The molecule has 35 heavy (non-hydrogen) atoms. The van der Waals surface area contributed by atoms with Crippen molar-refractivity contribution in [1.29, 1.82) is 0 Å². The zero-order valence-electron chi connectivity index (χ0n) is 18.5. The molecule has 0 spiro atoms. The van der Waals surface area contributed by atoms with Gasteiger partial charge in [0, 0.05) is 5.56 Å². The first-order valence-corrected chi connectivity index (χ1v) is 11.7. The molecule has 3 aromatic carbocycles. The highest BCUT2D eigenvalue weighted by Gasteiger charge is 2.26. The van der Waals surface area contributed by atoms with Gasteiger partial charge >= 0.3 is 5.69 Å². The molecule has 0 bridgehead atoms. The highest BCUT2D eigenvalue weighted by Crippen LogP contribution is 2.25. The molecule has 8 nitrogen and oxygen atoms in total. The fraction of sp³-hybridized carbons (Fsp3) is 0.0769. The van der Waals surface area contributed by atoms with Gasteiger partial charge in [-0.15, -0.1) is 11.3 Å². The summed E-state index contributed by atoms with van der Waals surface area (Å²) in [4.78, 5) is 47.4. The molecule has 0 aliphatic carbocycles. The number of rotatable bonds is 6. The van der Waals surface area contributed by atoms with E-state index in [1.54, 1.807) is 23.7 Å². The van der Waals surface area contributed by atoms with Crippen LogP contribution in [0.3, 0.4) is 0 Å². The number of benzene rings is 3. The van der Waals surface area contributed by atoms with Gasteiger partial charge in [-0.25, -0.2) is 9.78 Å². The van der Waals surface area contributed by atoms with Crippen LogP contribution in [0.1, 0.15) is 21.5 Å². The van der Waals surface area contributed by atoms with Gasteiger partial charge < -0.3 is 5.73 Å². The van der Waals surface area contributed by atoms with Crippen molar-refractivity contribution in [3.8, 4) is 0 Å². The molecule has 9 heteroatoms. The minimum absolute atomic E-state index is 0.0706. The Morgan fingerprint density at radius 1 is 0.971 bits per heavy atom. The number of H-pyrrole nitrogens is 1. The second kappa shape index (κ2) is 9.40. The number of fused-ring (bicyclic) bond motifs is 1. The summed E-state index contributed by atoms with van der Waals surface area (Å²) in [6.45, 7) is 0.243. The van der Waals surface area contributed by atoms with Crippen molar-refractivity contribution in [1.82, 2.24) is 14.5 Å². The molecule has 2 aromatic heterocycles. The van der Waals surface area contributed by atoms with Gasteiger partial charge in [0.2, 0.25) is 0 Å². The predicted octanol–water partition coefficient (Wildman–Crippen LogP) is 3.62. The molecule has 5 rings (SSSR count). The molecule has 174 valence electrons. The third kappa shape index (κ3) is 4.49. The number of aromatic nitrogens is 3. The molecule has 3 N–H and O–H groups in total. The molecule has 0 unspecified atom stereocenters. The van der Waals surface area contributed by atoms with E-state index in [0.717, 1.165) is 21.3 Å². The average Bonchev–Trinajstić information content (AvgIpc) is 3.35. The number of anilines is 2. The van der Waals surface area contributed by atoms with Gasteiger partial charge in [-0.1, -0.05) is 60.7 Å². The zero-order valence-corrected chi connectivity index (χ0v) is 19.4. The fourth-order valence-corrected chi connectivity index (χ4v) is 4.64. The van der Waals surface area contributed by atoms with Crippen LogP contribution < -0.4 is 21.9 Å². The topological polar surface area (TPSA) is 114 Å². The summed E-state index contributed by atoms with van der Waals surface area (Å²) in [5.41, 5.74) is 9.50. The first kappa shape index (κ1) is 22.3. The first-order valence-electron chi connectivity index (χ1n) is 10.9. The highest BCUT2D eigenvalue weighted by molar-refractivity contribution is 7.16. The SMILES string of the molecule is Nc1c(N(Cc2ccccc2)C(=O)c2ccc3ncsc3c2)c(=O)[nH]c(=O)n1Cc1ccccc1. The number of carbonyl (C=O) groups excluding carboxylic acids is 1. The molecular weight excluding hydrogens is 462 g/mol. The van der Waals surface area contributed by atoms with E-state index in [1.807, 2.05) is 60.7 Å². The second-order valence-electron chi connectivity index (χ2n) is 7.98. The van der Waals surface area contributed by atoms with Crippen LogP contribution in [0.4, 0.5) is 11.5 Å². The molecule has 0 radical (unpaired) electrons. The summed E-state index contributed by atoms with van der Waals surface area (Å²) in [6.07, 6.45) is 0. The van der Waals surface area contributed by atoms with Crippen molar-refractivity contribution in [3.63, 3.8) is 0 Å². The predicted molar refractivity (Wildman–Crippen MR) is 138 cm³/mol. The Bertz CT molecular complexity index is 1620. The van der Waals surface area contributed by atoms with E-state index in [4.69, 9.17) is 5.73 Å². The smallest absolute Gasteiger partial charge is 0.330 e. The fourth-order valence-electron chi connectivity index (χ4n) is 3.92. The Hall–Kier alpha value is -4.50. The molecule has 0 aliphatic heterocycles. The number of amides is 1. The molecule has 1 amide bonds. The summed E-state index contributed by atoms with van der Waals surface area (Å²) in [5, 5.41) is 0. The lowest BCUT2D eigenvalue weighted by Gasteiger charge is -2.25. The van der Waals surface area contributed by atoms with Gasteiger partial charge in [-0.3, -0.25) is 24.0 Å². The Morgan fingerprint density at radius 2 is 1.66 bits per heavy atom. The Morgan fingerprint density at radius 3 is 2.37 bits per heavy atom. The summed E-state index contributed by atoms with van der Waals surface area (Å²) >= 11 is 1.42. The lowest BCUT2D eigenvalue weighted by atomic mass is 10.1. The van der Waals surface area contributed by atoms with E-state index >= 15 is 0 Å². The number of nitrogen functional groups attached to an aromatic ring is 1. The minimum Gasteiger partial charge on any atom is -0.383 e. The van der Waals surface area contributed by atoms with Gasteiger partial charge in [-0.05, 0) is 29.3 Å². The highest BCUT2D eigenvalue weighted by atomic mass is 32.1. The summed E-state index contributed by atoms with van der Waals surface area (Å²) in [5.74, 6) is -0.489. The molecule has 2 heterocycles. The van der Waals surface area contributed by atoms with Gasteiger partial charge in [0.15, 0.2) is 5.69 Å². The number of nitrogens with zero attached hydrogens (tertiary/aromatic N) is 3. The van der Waals surface area contributed by atoms with E-state index in [2.05, 4.69) is 9.97 Å². The molecule has 0 atom stereocenters.